The minimum Gasteiger partial charge on any atom is -0.497 e. The van der Waals surface area contributed by atoms with Gasteiger partial charge in [-0.25, -0.2) is 8.42 Å². The highest BCUT2D eigenvalue weighted by molar-refractivity contribution is 7.89. The van der Waals surface area contributed by atoms with Crippen molar-refractivity contribution in [3.63, 3.8) is 0 Å². The first kappa shape index (κ1) is 15.5. The Hall–Kier alpha value is -1.58. The van der Waals surface area contributed by atoms with E-state index in [-0.39, 0.29) is 10.8 Å². The zero-order chi connectivity index (χ0) is 14.7. The molecule has 1 N–H and O–H groups in total. The van der Waals surface area contributed by atoms with Crippen molar-refractivity contribution in [1.82, 2.24) is 4.72 Å². The van der Waals surface area contributed by atoms with Gasteiger partial charge in [0.25, 0.3) is 0 Å². The fourth-order valence-electron chi connectivity index (χ4n) is 1.36. The molecule has 0 aliphatic rings. The van der Waals surface area contributed by atoms with E-state index in [1.807, 2.05) is 6.07 Å². The predicted octanol–water partition coefficient (Wildman–Crippen LogP) is 1.91. The normalized spacial score (nSPS) is 14.7. The van der Waals surface area contributed by atoms with E-state index in [1.54, 1.807) is 32.9 Å². The largest absolute Gasteiger partial charge is 0.497 e. The molecule has 19 heavy (non-hydrogen) atoms. The quantitative estimate of drug-likeness (QED) is 0.894. The molecule has 0 saturated carbocycles. The molecular formula is C13H18N2O3S. The van der Waals surface area contributed by atoms with E-state index < -0.39 is 15.6 Å². The number of nitriles is 1. The molecule has 1 aromatic carbocycles. The smallest absolute Gasteiger partial charge is 0.241 e. The third-order valence-corrected chi connectivity index (χ3v) is 4.69. The maximum Gasteiger partial charge on any atom is 0.241 e. The molecule has 0 radical (unpaired) electrons. The number of nitrogens with zero attached hydrogens (tertiary/aromatic N) is 1. The summed E-state index contributed by atoms with van der Waals surface area (Å²) in [6, 6.07) is 8.03. The molecule has 104 valence electrons. The Labute approximate surface area is 114 Å². The van der Waals surface area contributed by atoms with Crippen molar-refractivity contribution in [3.8, 4) is 11.8 Å². The van der Waals surface area contributed by atoms with Gasteiger partial charge in [-0.05, 0) is 37.1 Å². The summed E-state index contributed by atoms with van der Waals surface area (Å²) < 4.78 is 31.8. The van der Waals surface area contributed by atoms with Crippen molar-refractivity contribution in [2.24, 2.45) is 5.92 Å². The number of ether oxygens (including phenoxy) is 1. The summed E-state index contributed by atoms with van der Waals surface area (Å²) >= 11 is 0. The lowest BCUT2D eigenvalue weighted by atomic mass is 9.92. The van der Waals surface area contributed by atoms with E-state index in [2.05, 4.69) is 4.72 Å². The second-order valence-electron chi connectivity index (χ2n) is 4.75. The Morgan fingerprint density at radius 2 is 1.84 bits per heavy atom. The van der Waals surface area contributed by atoms with Gasteiger partial charge in [0.1, 0.15) is 11.3 Å². The third-order valence-electron chi connectivity index (χ3n) is 3.10. The van der Waals surface area contributed by atoms with Crippen LogP contribution in [0.3, 0.4) is 0 Å². The molecule has 0 aliphatic carbocycles. The molecule has 0 spiro atoms. The van der Waals surface area contributed by atoms with E-state index in [9.17, 15) is 8.42 Å². The Bertz CT molecular complexity index is 573. The molecule has 0 fully saturated rings. The van der Waals surface area contributed by atoms with Crippen LogP contribution in [0.1, 0.15) is 20.8 Å². The molecule has 5 nitrogen and oxygen atoms in total. The summed E-state index contributed by atoms with van der Waals surface area (Å²) in [5.41, 5.74) is -1.14. The van der Waals surface area contributed by atoms with Crippen LogP contribution in [0, 0.1) is 17.2 Å². The van der Waals surface area contributed by atoms with Gasteiger partial charge < -0.3 is 4.74 Å². The van der Waals surface area contributed by atoms with Gasteiger partial charge >= 0.3 is 0 Å². The van der Waals surface area contributed by atoms with Gasteiger partial charge in [0.2, 0.25) is 10.0 Å². The predicted molar refractivity (Wildman–Crippen MR) is 72.2 cm³/mol. The lowest BCUT2D eigenvalue weighted by Crippen LogP contribution is -2.48. The molecular weight excluding hydrogens is 264 g/mol. The Morgan fingerprint density at radius 3 is 2.21 bits per heavy atom. The highest BCUT2D eigenvalue weighted by Gasteiger charge is 2.33. The van der Waals surface area contributed by atoms with E-state index in [0.29, 0.717) is 5.75 Å². The third kappa shape index (κ3) is 3.46. The van der Waals surface area contributed by atoms with E-state index >= 15 is 0 Å². The summed E-state index contributed by atoms with van der Waals surface area (Å²) in [4.78, 5) is 0.107. The minimum atomic E-state index is -3.73. The van der Waals surface area contributed by atoms with Crippen LogP contribution in [0.4, 0.5) is 0 Å². The lowest BCUT2D eigenvalue weighted by molar-refractivity contribution is 0.388. The highest BCUT2D eigenvalue weighted by atomic mass is 32.2. The van der Waals surface area contributed by atoms with Crippen LogP contribution in [-0.2, 0) is 10.0 Å². The van der Waals surface area contributed by atoms with Crippen molar-refractivity contribution in [1.29, 1.82) is 5.26 Å². The second-order valence-corrected chi connectivity index (χ2v) is 6.43. The van der Waals surface area contributed by atoms with Crippen molar-refractivity contribution in [2.75, 3.05) is 7.11 Å². The number of hydrogen-bond acceptors (Lipinski definition) is 4. The van der Waals surface area contributed by atoms with Crippen molar-refractivity contribution in [3.05, 3.63) is 24.3 Å². The first-order chi connectivity index (χ1) is 8.75. The molecule has 0 aliphatic heterocycles. The number of benzene rings is 1. The molecule has 6 heteroatoms. The zero-order valence-corrected chi connectivity index (χ0v) is 12.3. The van der Waals surface area contributed by atoms with Gasteiger partial charge in [0, 0.05) is 0 Å². The lowest BCUT2D eigenvalue weighted by Gasteiger charge is -2.26. The van der Waals surface area contributed by atoms with Gasteiger partial charge in [-0.15, -0.1) is 0 Å². The van der Waals surface area contributed by atoms with Crippen LogP contribution in [0.25, 0.3) is 0 Å². The van der Waals surface area contributed by atoms with Gasteiger partial charge in [-0.1, -0.05) is 13.8 Å². The molecule has 0 saturated heterocycles. The molecule has 0 amide bonds. The molecule has 0 bridgehead atoms. The molecule has 1 atom stereocenters. The molecule has 0 heterocycles. The summed E-state index contributed by atoms with van der Waals surface area (Å²) in [7, 11) is -2.22. The van der Waals surface area contributed by atoms with Crippen molar-refractivity contribution in [2.45, 2.75) is 31.2 Å². The number of hydrogen-bond donors (Lipinski definition) is 1. The fourth-order valence-corrected chi connectivity index (χ4v) is 2.81. The van der Waals surface area contributed by atoms with Crippen LogP contribution in [0.15, 0.2) is 29.2 Å². The van der Waals surface area contributed by atoms with E-state index in [0.717, 1.165) is 0 Å². The van der Waals surface area contributed by atoms with Gasteiger partial charge in [0.15, 0.2) is 0 Å². The van der Waals surface area contributed by atoms with Crippen LogP contribution in [-0.4, -0.2) is 21.1 Å². The average Bonchev–Trinajstić information content (AvgIpc) is 2.38. The topological polar surface area (TPSA) is 79.2 Å². The average molecular weight is 282 g/mol. The Kier molecular flexibility index (Phi) is 4.56. The monoisotopic (exact) mass is 282 g/mol. The summed E-state index contributed by atoms with van der Waals surface area (Å²) in [6.45, 7) is 5.15. The number of sulfonamides is 1. The Morgan fingerprint density at radius 1 is 1.32 bits per heavy atom. The highest BCUT2D eigenvalue weighted by Crippen LogP contribution is 2.21. The SMILES string of the molecule is COc1ccc(S(=O)(=O)N[C@](C)(C#N)C(C)C)cc1. The van der Waals surface area contributed by atoms with Crippen molar-refractivity contribution < 1.29 is 13.2 Å². The molecule has 0 unspecified atom stereocenters. The first-order valence-corrected chi connectivity index (χ1v) is 7.33. The molecule has 1 aromatic rings. The van der Waals surface area contributed by atoms with Crippen molar-refractivity contribution >= 4 is 10.0 Å². The number of methoxy groups -OCH3 is 1. The molecule has 1 rings (SSSR count). The van der Waals surface area contributed by atoms with Gasteiger partial charge in [0.05, 0.1) is 18.1 Å². The second kappa shape index (κ2) is 5.59. The number of nitrogens with one attached hydrogen (secondary N) is 1. The molecule has 0 aromatic heterocycles. The maximum atomic E-state index is 12.2. The van der Waals surface area contributed by atoms with Gasteiger partial charge in [-0.2, -0.15) is 9.98 Å². The zero-order valence-electron chi connectivity index (χ0n) is 11.5. The first-order valence-electron chi connectivity index (χ1n) is 5.84. The van der Waals surface area contributed by atoms with Crippen LogP contribution < -0.4 is 9.46 Å². The summed E-state index contributed by atoms with van der Waals surface area (Å²) in [5, 5.41) is 9.15. The fraction of sp³-hybridized carbons (Fsp3) is 0.462. The van der Waals surface area contributed by atoms with Crippen LogP contribution >= 0.6 is 0 Å². The number of rotatable bonds is 5. The summed E-state index contributed by atoms with van der Waals surface area (Å²) in [6.07, 6.45) is 0. The minimum absolute atomic E-state index is 0.107. The van der Waals surface area contributed by atoms with E-state index in [4.69, 9.17) is 10.00 Å². The standard InChI is InChI=1S/C13H18N2O3S/c1-10(2)13(3,9-14)15-19(16,17)12-7-5-11(18-4)6-8-12/h5-8,10,15H,1-4H3/t13-/m1/s1. The van der Waals surface area contributed by atoms with Gasteiger partial charge in [-0.3, -0.25) is 0 Å². The Balaban J connectivity index is 3.08. The summed E-state index contributed by atoms with van der Waals surface area (Å²) in [5.74, 6) is 0.427. The van der Waals surface area contributed by atoms with Crippen LogP contribution in [0.2, 0.25) is 0 Å². The van der Waals surface area contributed by atoms with Crippen LogP contribution in [0.5, 0.6) is 5.75 Å². The van der Waals surface area contributed by atoms with E-state index in [1.165, 1.54) is 19.2 Å². The maximum absolute atomic E-state index is 12.2.